The molecule has 0 aliphatic carbocycles. The molecule has 27 heavy (non-hydrogen) atoms. The first-order chi connectivity index (χ1) is 12.7. The van der Waals surface area contributed by atoms with Crippen molar-refractivity contribution in [1.82, 2.24) is 0 Å². The number of ether oxygens (including phenoxy) is 2. The monoisotopic (exact) mass is 392 g/mol. The standard InChI is InChI=1S/C18H20N2O6S/c1-12-6-7-16(25-2)13(8-12)9-18(22)26-11-17(21)20-14-4-3-5-15(10-14)27(19,23)24/h3-8,10H,9,11H2,1-2H3,(H,20,21)(H2,19,23,24). The Balaban J connectivity index is 1.92. The van der Waals surface area contributed by atoms with Gasteiger partial charge in [-0.25, -0.2) is 13.6 Å². The first-order valence-electron chi connectivity index (χ1n) is 7.91. The van der Waals surface area contributed by atoms with Gasteiger partial charge in [0, 0.05) is 11.3 Å². The lowest BCUT2D eigenvalue weighted by atomic mass is 10.1. The second-order valence-corrected chi connectivity index (χ2v) is 7.34. The summed E-state index contributed by atoms with van der Waals surface area (Å²) in [6, 6.07) is 10.9. The minimum atomic E-state index is -3.88. The van der Waals surface area contributed by atoms with Crippen LogP contribution in [-0.4, -0.2) is 34.0 Å². The lowest BCUT2D eigenvalue weighted by Crippen LogP contribution is -2.22. The molecule has 0 spiro atoms. The maximum atomic E-state index is 12.0. The van der Waals surface area contributed by atoms with Crippen molar-refractivity contribution in [3.63, 3.8) is 0 Å². The topological polar surface area (TPSA) is 125 Å². The Morgan fingerprint density at radius 3 is 2.56 bits per heavy atom. The molecule has 0 bridgehead atoms. The van der Waals surface area contributed by atoms with Gasteiger partial charge in [-0.1, -0.05) is 23.8 Å². The van der Waals surface area contributed by atoms with E-state index in [1.165, 1.54) is 31.4 Å². The number of hydrogen-bond acceptors (Lipinski definition) is 6. The van der Waals surface area contributed by atoms with Crippen molar-refractivity contribution in [2.24, 2.45) is 5.14 Å². The van der Waals surface area contributed by atoms with Crippen molar-refractivity contribution >= 4 is 27.6 Å². The molecule has 0 atom stereocenters. The van der Waals surface area contributed by atoms with E-state index in [0.717, 1.165) is 5.56 Å². The van der Waals surface area contributed by atoms with Crippen LogP contribution in [0, 0.1) is 6.92 Å². The zero-order chi connectivity index (χ0) is 20.0. The molecule has 0 heterocycles. The van der Waals surface area contributed by atoms with Crippen LogP contribution in [0.1, 0.15) is 11.1 Å². The maximum absolute atomic E-state index is 12.0. The van der Waals surface area contributed by atoms with Crippen LogP contribution >= 0.6 is 0 Å². The molecule has 0 fully saturated rings. The second-order valence-electron chi connectivity index (χ2n) is 5.77. The van der Waals surface area contributed by atoms with Crippen molar-refractivity contribution in [3.05, 3.63) is 53.6 Å². The fourth-order valence-corrected chi connectivity index (χ4v) is 2.91. The average molecular weight is 392 g/mol. The number of carbonyl (C=O) groups is 2. The molecule has 0 aliphatic heterocycles. The summed E-state index contributed by atoms with van der Waals surface area (Å²) in [5, 5.41) is 7.49. The Morgan fingerprint density at radius 2 is 1.89 bits per heavy atom. The zero-order valence-corrected chi connectivity index (χ0v) is 15.7. The van der Waals surface area contributed by atoms with Gasteiger partial charge in [-0.3, -0.25) is 9.59 Å². The molecule has 2 aromatic rings. The minimum absolute atomic E-state index is 0.0426. The van der Waals surface area contributed by atoms with Crippen LogP contribution < -0.4 is 15.2 Å². The summed E-state index contributed by atoms with van der Waals surface area (Å²) in [6.45, 7) is 1.38. The van der Waals surface area contributed by atoms with E-state index >= 15 is 0 Å². The number of sulfonamides is 1. The van der Waals surface area contributed by atoms with Gasteiger partial charge in [-0.15, -0.1) is 0 Å². The third-order valence-corrected chi connectivity index (χ3v) is 4.49. The van der Waals surface area contributed by atoms with Gasteiger partial charge < -0.3 is 14.8 Å². The highest BCUT2D eigenvalue weighted by atomic mass is 32.2. The predicted molar refractivity (Wildman–Crippen MR) is 98.8 cm³/mol. The molecule has 0 saturated carbocycles. The highest BCUT2D eigenvalue weighted by molar-refractivity contribution is 7.89. The zero-order valence-electron chi connectivity index (χ0n) is 14.9. The summed E-state index contributed by atoms with van der Waals surface area (Å²) in [5.74, 6) is -0.639. The van der Waals surface area contributed by atoms with Crippen molar-refractivity contribution in [3.8, 4) is 5.75 Å². The number of aryl methyl sites for hydroxylation is 1. The summed E-state index contributed by atoms with van der Waals surface area (Å²) in [5.41, 5.74) is 1.85. The maximum Gasteiger partial charge on any atom is 0.310 e. The van der Waals surface area contributed by atoms with Crippen molar-refractivity contribution < 1.29 is 27.5 Å². The summed E-state index contributed by atoms with van der Waals surface area (Å²) >= 11 is 0. The number of amides is 1. The van der Waals surface area contributed by atoms with Gasteiger partial charge in [0.1, 0.15) is 5.75 Å². The van der Waals surface area contributed by atoms with Gasteiger partial charge in [0.15, 0.2) is 6.61 Å². The summed E-state index contributed by atoms with van der Waals surface area (Å²) in [7, 11) is -2.38. The third-order valence-electron chi connectivity index (χ3n) is 3.58. The Morgan fingerprint density at radius 1 is 1.15 bits per heavy atom. The average Bonchev–Trinajstić information content (AvgIpc) is 2.60. The normalized spacial score (nSPS) is 10.9. The van der Waals surface area contributed by atoms with E-state index in [1.807, 2.05) is 13.0 Å². The van der Waals surface area contributed by atoms with Gasteiger partial charge in [-0.05, 0) is 31.2 Å². The second kappa shape index (κ2) is 8.65. The van der Waals surface area contributed by atoms with Gasteiger partial charge in [0.25, 0.3) is 5.91 Å². The number of methoxy groups -OCH3 is 1. The van der Waals surface area contributed by atoms with Crippen LogP contribution in [0.25, 0.3) is 0 Å². The largest absolute Gasteiger partial charge is 0.496 e. The number of hydrogen-bond donors (Lipinski definition) is 2. The minimum Gasteiger partial charge on any atom is -0.496 e. The number of carbonyl (C=O) groups excluding carboxylic acids is 2. The predicted octanol–water partition coefficient (Wildman–Crippen LogP) is 1.38. The van der Waals surface area contributed by atoms with Gasteiger partial charge in [0.2, 0.25) is 10.0 Å². The molecule has 2 aromatic carbocycles. The number of anilines is 1. The quantitative estimate of drug-likeness (QED) is 0.686. The molecule has 8 nitrogen and oxygen atoms in total. The van der Waals surface area contributed by atoms with Crippen LogP contribution in [0.15, 0.2) is 47.4 Å². The molecule has 0 aromatic heterocycles. The smallest absolute Gasteiger partial charge is 0.310 e. The van der Waals surface area contributed by atoms with Gasteiger partial charge in [-0.2, -0.15) is 0 Å². The molecule has 1 amide bonds. The third kappa shape index (κ3) is 6.08. The van der Waals surface area contributed by atoms with E-state index in [-0.39, 0.29) is 17.0 Å². The Labute approximate surface area is 157 Å². The number of benzene rings is 2. The number of nitrogens with one attached hydrogen (secondary N) is 1. The van der Waals surface area contributed by atoms with E-state index in [2.05, 4.69) is 5.32 Å². The van der Waals surface area contributed by atoms with E-state index in [9.17, 15) is 18.0 Å². The van der Waals surface area contributed by atoms with Crippen LogP contribution in [-0.2, 0) is 30.8 Å². The van der Waals surface area contributed by atoms with Crippen LogP contribution in [0.5, 0.6) is 5.75 Å². The number of nitrogens with two attached hydrogens (primary N) is 1. The first kappa shape index (κ1) is 20.4. The molecule has 0 aliphatic rings. The molecule has 3 N–H and O–H groups in total. The van der Waals surface area contributed by atoms with Crippen molar-refractivity contribution in [1.29, 1.82) is 0 Å². The fraction of sp³-hybridized carbons (Fsp3) is 0.222. The number of primary sulfonamides is 1. The fourth-order valence-electron chi connectivity index (χ4n) is 2.35. The Bertz CT molecular complexity index is 956. The molecule has 2 rings (SSSR count). The number of rotatable bonds is 7. The van der Waals surface area contributed by atoms with E-state index in [0.29, 0.717) is 11.3 Å². The molecule has 0 saturated heterocycles. The molecule has 0 unspecified atom stereocenters. The Kier molecular flexibility index (Phi) is 6.54. The lowest BCUT2D eigenvalue weighted by molar-refractivity contribution is -0.146. The van der Waals surface area contributed by atoms with Crippen LogP contribution in [0.3, 0.4) is 0 Å². The molecular formula is C18H20N2O6S. The first-order valence-corrected chi connectivity index (χ1v) is 9.45. The van der Waals surface area contributed by atoms with Gasteiger partial charge in [0.05, 0.1) is 18.4 Å². The summed E-state index contributed by atoms with van der Waals surface area (Å²) in [6.07, 6.45) is -0.0426. The SMILES string of the molecule is COc1ccc(C)cc1CC(=O)OCC(=O)Nc1cccc(S(N)(=O)=O)c1. The molecule has 0 radical (unpaired) electrons. The molecule has 9 heteroatoms. The van der Waals surface area contributed by atoms with Crippen molar-refractivity contribution in [2.75, 3.05) is 19.0 Å². The van der Waals surface area contributed by atoms with E-state index < -0.39 is 28.5 Å². The summed E-state index contributed by atoms with van der Waals surface area (Å²) in [4.78, 5) is 23.8. The van der Waals surface area contributed by atoms with Crippen LogP contribution in [0.2, 0.25) is 0 Å². The Hall–Kier alpha value is -2.91. The van der Waals surface area contributed by atoms with E-state index in [1.54, 1.807) is 12.1 Å². The highest BCUT2D eigenvalue weighted by Crippen LogP contribution is 2.20. The molecule has 144 valence electrons. The van der Waals surface area contributed by atoms with Crippen molar-refractivity contribution in [2.45, 2.75) is 18.2 Å². The summed E-state index contributed by atoms with van der Waals surface area (Å²) < 4.78 is 32.8. The van der Waals surface area contributed by atoms with Gasteiger partial charge >= 0.3 is 5.97 Å². The molecular weight excluding hydrogens is 372 g/mol. The van der Waals surface area contributed by atoms with E-state index in [4.69, 9.17) is 14.6 Å². The highest BCUT2D eigenvalue weighted by Gasteiger charge is 2.13. The van der Waals surface area contributed by atoms with Crippen LogP contribution in [0.4, 0.5) is 5.69 Å². The number of esters is 1. The lowest BCUT2D eigenvalue weighted by Gasteiger charge is -2.10.